The normalized spacial score (nSPS) is 11.3. The van der Waals surface area contributed by atoms with Crippen LogP contribution in [0.25, 0.3) is 27.9 Å². The molecule has 28 heavy (non-hydrogen) atoms. The topological polar surface area (TPSA) is 65.1 Å². The molecule has 0 aliphatic heterocycles. The van der Waals surface area contributed by atoms with Gasteiger partial charge in [0.1, 0.15) is 6.33 Å². The smallest absolute Gasteiger partial charge is 0.262 e. The molecule has 0 atom stereocenters. The molecule has 0 unspecified atom stereocenters. The third-order valence-electron chi connectivity index (χ3n) is 4.67. The van der Waals surface area contributed by atoms with Gasteiger partial charge in [0.2, 0.25) is 0 Å². The number of benzene rings is 2. The summed E-state index contributed by atoms with van der Waals surface area (Å²) in [7, 11) is 0. The Morgan fingerprint density at radius 3 is 2.57 bits per heavy atom. The summed E-state index contributed by atoms with van der Waals surface area (Å²) in [6, 6.07) is 19.1. The van der Waals surface area contributed by atoms with Gasteiger partial charge in [-0.15, -0.1) is 0 Å². The third-order valence-corrected chi connectivity index (χ3v) is 5.00. The second kappa shape index (κ2) is 6.58. The van der Waals surface area contributed by atoms with E-state index >= 15 is 0 Å². The molecule has 0 radical (unpaired) electrons. The van der Waals surface area contributed by atoms with Gasteiger partial charge in [-0.25, -0.2) is 4.98 Å². The van der Waals surface area contributed by atoms with E-state index in [9.17, 15) is 4.79 Å². The maximum atomic E-state index is 13.4. The number of nitrogens with zero attached hydrogens (tertiary/aromatic N) is 5. The quantitative estimate of drug-likeness (QED) is 0.472. The zero-order chi connectivity index (χ0) is 19.1. The van der Waals surface area contributed by atoms with Crippen molar-refractivity contribution in [1.29, 1.82) is 0 Å². The largest absolute Gasteiger partial charge is 0.310 e. The van der Waals surface area contributed by atoms with Crippen LogP contribution in [0.5, 0.6) is 0 Å². The monoisotopic (exact) mass is 387 g/mol. The molecule has 0 N–H and O–H groups in total. The summed E-state index contributed by atoms with van der Waals surface area (Å²) >= 11 is 6.46. The van der Waals surface area contributed by atoms with Crippen molar-refractivity contribution >= 4 is 28.3 Å². The van der Waals surface area contributed by atoms with Crippen LogP contribution in [0.4, 0.5) is 0 Å². The Hall–Kier alpha value is -3.51. The van der Waals surface area contributed by atoms with E-state index in [0.29, 0.717) is 39.5 Å². The first kappa shape index (κ1) is 16.6. The highest BCUT2D eigenvalue weighted by molar-refractivity contribution is 6.33. The number of fused-ring (bicyclic) bond motifs is 2. The lowest BCUT2D eigenvalue weighted by Crippen LogP contribution is -2.22. The van der Waals surface area contributed by atoms with Gasteiger partial charge in [0, 0.05) is 16.8 Å². The van der Waals surface area contributed by atoms with Crippen LogP contribution in [-0.4, -0.2) is 24.1 Å². The SMILES string of the molecule is O=c1c2c(-c3ccccc3Cl)n3ncnc3nc2ccn1Cc1ccccc1. The van der Waals surface area contributed by atoms with Crippen molar-refractivity contribution in [3.63, 3.8) is 0 Å². The Morgan fingerprint density at radius 2 is 1.75 bits per heavy atom. The molecule has 3 aromatic heterocycles. The molecule has 0 saturated carbocycles. The Bertz CT molecular complexity index is 1370. The highest BCUT2D eigenvalue weighted by Crippen LogP contribution is 2.31. The molecule has 0 bridgehead atoms. The van der Waals surface area contributed by atoms with Crippen LogP contribution in [0.1, 0.15) is 5.56 Å². The van der Waals surface area contributed by atoms with Crippen molar-refractivity contribution < 1.29 is 0 Å². The fourth-order valence-corrected chi connectivity index (χ4v) is 3.60. The summed E-state index contributed by atoms with van der Waals surface area (Å²) in [5, 5.41) is 5.27. The second-order valence-electron chi connectivity index (χ2n) is 6.41. The van der Waals surface area contributed by atoms with Gasteiger partial charge < -0.3 is 4.57 Å². The summed E-state index contributed by atoms with van der Waals surface area (Å²) in [4.78, 5) is 22.1. The van der Waals surface area contributed by atoms with E-state index in [1.54, 1.807) is 21.3 Å². The van der Waals surface area contributed by atoms with Crippen molar-refractivity contribution in [2.75, 3.05) is 0 Å². The number of aromatic nitrogens is 5. The van der Waals surface area contributed by atoms with E-state index < -0.39 is 0 Å². The predicted molar refractivity (Wildman–Crippen MR) is 109 cm³/mol. The van der Waals surface area contributed by atoms with E-state index in [-0.39, 0.29) is 5.56 Å². The Balaban J connectivity index is 1.84. The Kier molecular flexibility index (Phi) is 3.91. The lowest BCUT2D eigenvalue weighted by Gasteiger charge is -2.12. The summed E-state index contributed by atoms with van der Waals surface area (Å²) in [6.45, 7) is 0.465. The standard InChI is InChI=1S/C21H14ClN5O/c22-16-9-5-4-8-15(16)19-18-17(25-21-23-13-24-27(19)21)10-11-26(20(18)28)12-14-6-2-1-3-7-14/h1-11,13H,12H2. The molecule has 0 aliphatic carbocycles. The van der Waals surface area contributed by atoms with Crippen molar-refractivity contribution in [3.05, 3.63) is 94.1 Å². The minimum atomic E-state index is -0.152. The van der Waals surface area contributed by atoms with Crippen LogP contribution in [0.15, 0.2) is 78.0 Å². The first-order chi connectivity index (χ1) is 13.7. The van der Waals surface area contributed by atoms with Gasteiger partial charge in [-0.1, -0.05) is 60.1 Å². The van der Waals surface area contributed by atoms with Crippen molar-refractivity contribution in [2.24, 2.45) is 0 Å². The zero-order valence-electron chi connectivity index (χ0n) is 14.7. The van der Waals surface area contributed by atoms with Gasteiger partial charge >= 0.3 is 0 Å². The van der Waals surface area contributed by atoms with Gasteiger partial charge in [-0.05, 0) is 17.7 Å². The van der Waals surface area contributed by atoms with Crippen LogP contribution in [0, 0.1) is 0 Å². The van der Waals surface area contributed by atoms with Gasteiger partial charge in [-0.3, -0.25) is 4.79 Å². The summed E-state index contributed by atoms with van der Waals surface area (Å²) in [6.07, 6.45) is 3.18. The van der Waals surface area contributed by atoms with E-state index in [4.69, 9.17) is 11.6 Å². The van der Waals surface area contributed by atoms with Gasteiger partial charge in [-0.2, -0.15) is 14.6 Å². The summed E-state index contributed by atoms with van der Waals surface area (Å²) < 4.78 is 3.24. The molecule has 7 heteroatoms. The Labute approximate surface area is 164 Å². The molecule has 136 valence electrons. The highest BCUT2D eigenvalue weighted by atomic mass is 35.5. The maximum Gasteiger partial charge on any atom is 0.262 e. The fraction of sp³-hybridized carbons (Fsp3) is 0.0476. The second-order valence-corrected chi connectivity index (χ2v) is 6.81. The van der Waals surface area contributed by atoms with Crippen LogP contribution < -0.4 is 5.56 Å². The molecule has 6 nitrogen and oxygen atoms in total. The first-order valence-electron chi connectivity index (χ1n) is 8.74. The fourth-order valence-electron chi connectivity index (χ4n) is 3.37. The molecule has 3 heterocycles. The minimum Gasteiger partial charge on any atom is -0.310 e. The van der Waals surface area contributed by atoms with Crippen LogP contribution in [0.3, 0.4) is 0 Å². The van der Waals surface area contributed by atoms with E-state index in [0.717, 1.165) is 5.56 Å². The number of halogens is 1. The van der Waals surface area contributed by atoms with Gasteiger partial charge in [0.25, 0.3) is 11.3 Å². The molecule has 0 fully saturated rings. The van der Waals surface area contributed by atoms with Crippen molar-refractivity contribution in [3.8, 4) is 11.3 Å². The molecule has 5 aromatic rings. The maximum absolute atomic E-state index is 13.4. The van der Waals surface area contributed by atoms with Crippen LogP contribution in [-0.2, 0) is 6.54 Å². The van der Waals surface area contributed by atoms with E-state index in [2.05, 4.69) is 15.1 Å². The molecule has 0 amide bonds. The Morgan fingerprint density at radius 1 is 0.964 bits per heavy atom. The van der Waals surface area contributed by atoms with Crippen molar-refractivity contribution in [2.45, 2.75) is 6.54 Å². The molecule has 2 aromatic carbocycles. The predicted octanol–water partition coefficient (Wildman–Crippen LogP) is 3.81. The van der Waals surface area contributed by atoms with Gasteiger partial charge in [0.15, 0.2) is 0 Å². The molecular weight excluding hydrogens is 374 g/mol. The number of hydrogen-bond donors (Lipinski definition) is 0. The number of hydrogen-bond acceptors (Lipinski definition) is 4. The van der Waals surface area contributed by atoms with Crippen LogP contribution >= 0.6 is 11.6 Å². The van der Waals surface area contributed by atoms with Crippen LogP contribution in [0.2, 0.25) is 5.02 Å². The highest BCUT2D eigenvalue weighted by Gasteiger charge is 2.18. The molecular formula is C21H14ClN5O. The average Bonchev–Trinajstić information content (AvgIpc) is 3.18. The number of rotatable bonds is 3. The lowest BCUT2D eigenvalue weighted by molar-refractivity contribution is 0.766. The lowest BCUT2D eigenvalue weighted by atomic mass is 10.1. The van der Waals surface area contributed by atoms with Gasteiger partial charge in [0.05, 0.1) is 23.1 Å². The first-order valence-corrected chi connectivity index (χ1v) is 9.12. The molecule has 0 saturated heterocycles. The van der Waals surface area contributed by atoms with E-state index in [1.807, 2.05) is 54.6 Å². The number of pyridine rings is 1. The summed E-state index contributed by atoms with van der Waals surface area (Å²) in [5.74, 6) is 0.419. The average molecular weight is 388 g/mol. The molecule has 5 rings (SSSR count). The molecule has 0 aliphatic rings. The van der Waals surface area contributed by atoms with E-state index in [1.165, 1.54) is 6.33 Å². The van der Waals surface area contributed by atoms with Crippen molar-refractivity contribution in [1.82, 2.24) is 24.1 Å². The molecule has 0 spiro atoms. The zero-order valence-corrected chi connectivity index (χ0v) is 15.4. The minimum absolute atomic E-state index is 0.152. The third kappa shape index (κ3) is 2.66. The summed E-state index contributed by atoms with van der Waals surface area (Å²) in [5.41, 5.74) is 2.75.